The summed E-state index contributed by atoms with van der Waals surface area (Å²) in [5, 5.41) is 0. The summed E-state index contributed by atoms with van der Waals surface area (Å²) >= 11 is 0. The summed E-state index contributed by atoms with van der Waals surface area (Å²) in [4.78, 5) is 11.7. The molecule has 0 unspecified atom stereocenters. The van der Waals surface area contributed by atoms with Crippen molar-refractivity contribution in [3.8, 4) is 0 Å². The van der Waals surface area contributed by atoms with Crippen LogP contribution in [0.5, 0.6) is 0 Å². The minimum absolute atomic E-state index is 0.0192. The number of carbonyl (C=O) groups excluding carboxylic acids is 1. The van der Waals surface area contributed by atoms with Crippen molar-refractivity contribution in [2.24, 2.45) is 17.8 Å². The zero-order valence-corrected chi connectivity index (χ0v) is 10.1. The molecule has 1 saturated heterocycles. The van der Waals surface area contributed by atoms with Crippen LogP contribution in [-0.4, -0.2) is 12.1 Å². The predicted molar refractivity (Wildman–Crippen MR) is 66.2 cm³/mol. The Kier molecular flexibility index (Phi) is 2.29. The molecule has 4 atom stereocenters. The van der Waals surface area contributed by atoms with Crippen molar-refractivity contribution in [1.29, 1.82) is 0 Å². The van der Waals surface area contributed by atoms with Gasteiger partial charge in [0, 0.05) is 17.4 Å². The molecule has 2 heteroatoms. The molecule has 3 rings (SSSR count). The fourth-order valence-corrected chi connectivity index (χ4v) is 3.71. The summed E-state index contributed by atoms with van der Waals surface area (Å²) in [6.45, 7) is 12.3. The van der Waals surface area contributed by atoms with E-state index in [-0.39, 0.29) is 23.9 Å². The second-order valence-electron chi connectivity index (χ2n) is 5.53. The lowest BCUT2D eigenvalue weighted by molar-refractivity contribution is -0.141. The molecular formula is C15H18O2. The van der Waals surface area contributed by atoms with Crippen LogP contribution < -0.4 is 0 Å². The van der Waals surface area contributed by atoms with Gasteiger partial charge in [0.15, 0.2) is 0 Å². The van der Waals surface area contributed by atoms with Crippen LogP contribution in [0.2, 0.25) is 0 Å². The molecule has 2 aliphatic carbocycles. The van der Waals surface area contributed by atoms with Gasteiger partial charge in [-0.15, -0.1) is 0 Å². The molecule has 3 aliphatic rings. The van der Waals surface area contributed by atoms with Gasteiger partial charge in [0.05, 0.1) is 0 Å². The average molecular weight is 230 g/mol. The van der Waals surface area contributed by atoms with Gasteiger partial charge in [-0.3, -0.25) is 0 Å². The highest BCUT2D eigenvalue weighted by atomic mass is 16.6. The first-order valence-electron chi connectivity index (χ1n) is 6.34. The third-order valence-electron chi connectivity index (χ3n) is 4.69. The highest BCUT2D eigenvalue weighted by Gasteiger charge is 2.50. The van der Waals surface area contributed by atoms with E-state index in [4.69, 9.17) is 4.74 Å². The SMILES string of the molecule is C=C1CC[C@@H]2C(=C)CC[C@H]3C(=C)C(=O)O[C@@H]3[C@@H]12. The number of hydrogen-bond acceptors (Lipinski definition) is 2. The van der Waals surface area contributed by atoms with Crippen LogP contribution in [0.4, 0.5) is 0 Å². The lowest BCUT2D eigenvalue weighted by Crippen LogP contribution is -2.28. The van der Waals surface area contributed by atoms with Gasteiger partial charge in [0.25, 0.3) is 0 Å². The quantitative estimate of drug-likeness (QED) is 0.363. The molecule has 1 aliphatic heterocycles. The van der Waals surface area contributed by atoms with Gasteiger partial charge >= 0.3 is 5.97 Å². The minimum Gasteiger partial charge on any atom is -0.458 e. The summed E-state index contributed by atoms with van der Waals surface area (Å²) in [5.41, 5.74) is 3.20. The summed E-state index contributed by atoms with van der Waals surface area (Å²) in [6, 6.07) is 0. The molecule has 0 bridgehead atoms. The van der Waals surface area contributed by atoms with Gasteiger partial charge in [-0.1, -0.05) is 30.9 Å². The standard InChI is InChI=1S/C15H18O2/c1-8-4-7-12-10(3)15(16)17-14(12)13-9(2)5-6-11(8)13/h11-14H,1-7H2/t11-,12+,13+,14+/m1/s1. The number of fused-ring (bicyclic) bond motifs is 3. The molecule has 0 radical (unpaired) electrons. The topological polar surface area (TPSA) is 26.3 Å². The fourth-order valence-electron chi connectivity index (χ4n) is 3.71. The van der Waals surface area contributed by atoms with Crippen molar-refractivity contribution in [2.45, 2.75) is 31.8 Å². The maximum absolute atomic E-state index is 11.7. The van der Waals surface area contributed by atoms with Crippen LogP contribution in [0, 0.1) is 17.8 Å². The van der Waals surface area contributed by atoms with E-state index in [1.807, 2.05) is 0 Å². The third kappa shape index (κ3) is 1.43. The molecule has 3 fully saturated rings. The van der Waals surface area contributed by atoms with Crippen LogP contribution in [0.25, 0.3) is 0 Å². The number of carbonyl (C=O) groups is 1. The second kappa shape index (κ2) is 3.59. The Morgan fingerprint density at radius 2 is 1.65 bits per heavy atom. The van der Waals surface area contributed by atoms with Crippen LogP contribution >= 0.6 is 0 Å². The molecule has 0 aromatic rings. The van der Waals surface area contributed by atoms with Crippen LogP contribution in [-0.2, 0) is 9.53 Å². The number of rotatable bonds is 0. The predicted octanol–water partition coefficient (Wildman–Crippen LogP) is 3.02. The van der Waals surface area contributed by atoms with Crippen LogP contribution in [0.3, 0.4) is 0 Å². The van der Waals surface area contributed by atoms with E-state index in [9.17, 15) is 4.79 Å². The van der Waals surface area contributed by atoms with Gasteiger partial charge < -0.3 is 4.74 Å². The number of allylic oxidation sites excluding steroid dienone is 1. The van der Waals surface area contributed by atoms with E-state index in [0.717, 1.165) is 25.7 Å². The monoisotopic (exact) mass is 230 g/mol. The highest BCUT2D eigenvalue weighted by molar-refractivity contribution is 5.91. The average Bonchev–Trinajstić information content (AvgIpc) is 2.75. The molecule has 0 amide bonds. The van der Waals surface area contributed by atoms with E-state index in [2.05, 4.69) is 19.7 Å². The Morgan fingerprint density at radius 1 is 1.00 bits per heavy atom. The molecule has 0 spiro atoms. The Balaban J connectivity index is 2.00. The van der Waals surface area contributed by atoms with Crippen LogP contribution in [0.1, 0.15) is 25.7 Å². The summed E-state index contributed by atoms with van der Waals surface area (Å²) in [5.74, 6) is 0.740. The summed E-state index contributed by atoms with van der Waals surface area (Å²) in [7, 11) is 0. The Bertz CT molecular complexity index is 432. The van der Waals surface area contributed by atoms with Gasteiger partial charge in [0.1, 0.15) is 6.10 Å². The molecule has 2 saturated carbocycles. The number of hydrogen-bond donors (Lipinski definition) is 0. The second-order valence-corrected chi connectivity index (χ2v) is 5.53. The normalized spacial score (nSPS) is 40.9. The van der Waals surface area contributed by atoms with Crippen LogP contribution in [0.15, 0.2) is 36.5 Å². The van der Waals surface area contributed by atoms with Gasteiger partial charge in [-0.25, -0.2) is 4.79 Å². The molecule has 17 heavy (non-hydrogen) atoms. The Hall–Kier alpha value is -1.31. The fraction of sp³-hybridized carbons (Fsp3) is 0.533. The van der Waals surface area contributed by atoms with E-state index in [1.54, 1.807) is 0 Å². The largest absolute Gasteiger partial charge is 0.458 e. The van der Waals surface area contributed by atoms with Crippen molar-refractivity contribution in [2.75, 3.05) is 0 Å². The highest BCUT2D eigenvalue weighted by Crippen LogP contribution is 2.51. The molecular weight excluding hydrogens is 212 g/mol. The van der Waals surface area contributed by atoms with Gasteiger partial charge in [0.2, 0.25) is 0 Å². The van der Waals surface area contributed by atoms with Crippen molar-refractivity contribution in [3.05, 3.63) is 36.5 Å². The Labute approximate surface area is 102 Å². The van der Waals surface area contributed by atoms with E-state index in [0.29, 0.717) is 11.5 Å². The first-order valence-corrected chi connectivity index (χ1v) is 6.34. The lowest BCUT2D eigenvalue weighted by atomic mass is 9.82. The smallest absolute Gasteiger partial charge is 0.334 e. The molecule has 1 heterocycles. The molecule has 90 valence electrons. The third-order valence-corrected chi connectivity index (χ3v) is 4.69. The maximum Gasteiger partial charge on any atom is 0.334 e. The number of esters is 1. The van der Waals surface area contributed by atoms with Gasteiger partial charge in [-0.2, -0.15) is 0 Å². The Morgan fingerprint density at radius 3 is 2.41 bits per heavy atom. The molecule has 0 N–H and O–H groups in total. The maximum atomic E-state index is 11.7. The van der Waals surface area contributed by atoms with Crippen molar-refractivity contribution in [3.63, 3.8) is 0 Å². The minimum atomic E-state index is -0.203. The molecule has 2 nitrogen and oxygen atoms in total. The van der Waals surface area contributed by atoms with Gasteiger partial charge in [-0.05, 0) is 31.6 Å². The lowest BCUT2D eigenvalue weighted by Gasteiger charge is -2.26. The van der Waals surface area contributed by atoms with Crippen molar-refractivity contribution >= 4 is 5.97 Å². The molecule has 0 aromatic carbocycles. The molecule has 0 aromatic heterocycles. The zero-order valence-electron chi connectivity index (χ0n) is 10.1. The van der Waals surface area contributed by atoms with Crippen molar-refractivity contribution in [1.82, 2.24) is 0 Å². The summed E-state index contributed by atoms with van der Waals surface area (Å²) in [6.07, 6.45) is 4.09. The first-order chi connectivity index (χ1) is 8.09. The van der Waals surface area contributed by atoms with E-state index >= 15 is 0 Å². The van der Waals surface area contributed by atoms with Crippen molar-refractivity contribution < 1.29 is 9.53 Å². The first kappa shape index (κ1) is 10.8. The summed E-state index contributed by atoms with van der Waals surface area (Å²) < 4.78 is 5.55. The zero-order chi connectivity index (χ0) is 12.2. The van der Waals surface area contributed by atoms with E-state index < -0.39 is 0 Å². The van der Waals surface area contributed by atoms with E-state index in [1.165, 1.54) is 11.1 Å². The number of ether oxygens (including phenoxy) is 1.